The maximum absolute atomic E-state index is 12.4. The van der Waals surface area contributed by atoms with E-state index in [1.807, 2.05) is 0 Å². The first kappa shape index (κ1) is 16.6. The Balaban J connectivity index is 2.05. The molecule has 1 saturated carbocycles. The molecule has 4 nitrogen and oxygen atoms in total. The number of hydrogen-bond acceptors (Lipinski definition) is 3. The van der Waals surface area contributed by atoms with Crippen molar-refractivity contribution in [3.8, 4) is 5.75 Å². The van der Waals surface area contributed by atoms with E-state index in [0.717, 1.165) is 12.8 Å². The first-order valence-electron chi connectivity index (χ1n) is 7.10. The molecule has 1 aromatic carbocycles. The van der Waals surface area contributed by atoms with Crippen molar-refractivity contribution in [3.63, 3.8) is 0 Å². The Morgan fingerprint density at radius 1 is 1.36 bits per heavy atom. The summed E-state index contributed by atoms with van der Waals surface area (Å²) in [4.78, 5) is 13.7. The van der Waals surface area contributed by atoms with Crippen LogP contribution < -0.4 is 10.5 Å². The summed E-state index contributed by atoms with van der Waals surface area (Å²) in [5, 5.41) is 0. The lowest BCUT2D eigenvalue weighted by Gasteiger charge is -2.22. The van der Waals surface area contributed by atoms with E-state index < -0.39 is 6.36 Å². The number of ether oxygens (including phenoxy) is 1. The van der Waals surface area contributed by atoms with E-state index >= 15 is 0 Å². The first-order chi connectivity index (χ1) is 10.3. The monoisotopic (exact) mass is 316 g/mol. The van der Waals surface area contributed by atoms with Gasteiger partial charge in [-0.05, 0) is 25.3 Å². The summed E-state index contributed by atoms with van der Waals surface area (Å²) in [6.07, 6.45) is -2.59. The quantitative estimate of drug-likeness (QED) is 0.929. The van der Waals surface area contributed by atoms with Gasteiger partial charge in [0.05, 0.1) is 0 Å². The van der Waals surface area contributed by atoms with Crippen molar-refractivity contribution >= 4 is 5.91 Å². The lowest BCUT2D eigenvalue weighted by molar-refractivity contribution is -0.275. The fraction of sp³-hybridized carbons (Fsp3) is 0.533. The fourth-order valence-electron chi connectivity index (χ4n) is 2.74. The number of alkyl halides is 3. The molecular weight excluding hydrogens is 297 g/mol. The minimum Gasteiger partial charge on any atom is -0.405 e. The minimum atomic E-state index is -4.75. The lowest BCUT2D eigenvalue weighted by Crippen LogP contribution is -2.32. The van der Waals surface area contributed by atoms with Gasteiger partial charge in [-0.25, -0.2) is 0 Å². The summed E-state index contributed by atoms with van der Waals surface area (Å²) in [6, 6.07) is 5.87. The van der Waals surface area contributed by atoms with E-state index in [9.17, 15) is 18.0 Å². The molecule has 0 aliphatic heterocycles. The van der Waals surface area contributed by atoms with Crippen LogP contribution in [0.1, 0.15) is 24.8 Å². The zero-order valence-corrected chi connectivity index (χ0v) is 12.3. The zero-order valence-electron chi connectivity index (χ0n) is 12.3. The van der Waals surface area contributed by atoms with Crippen molar-refractivity contribution in [2.45, 2.75) is 38.2 Å². The van der Waals surface area contributed by atoms with Gasteiger partial charge in [-0.2, -0.15) is 0 Å². The summed E-state index contributed by atoms with van der Waals surface area (Å²) in [6.45, 7) is 0.0663. The zero-order chi connectivity index (χ0) is 16.3. The molecule has 7 heteroatoms. The smallest absolute Gasteiger partial charge is 0.405 e. The van der Waals surface area contributed by atoms with Gasteiger partial charge in [-0.15, -0.1) is 13.2 Å². The Labute approximate surface area is 127 Å². The maximum atomic E-state index is 12.4. The number of para-hydroxylation sites is 1. The van der Waals surface area contributed by atoms with Crippen LogP contribution in [0.2, 0.25) is 0 Å². The molecule has 1 amide bonds. The molecule has 2 atom stereocenters. The maximum Gasteiger partial charge on any atom is 0.573 e. The number of nitrogens with two attached hydrogens (primary N) is 1. The second-order valence-corrected chi connectivity index (χ2v) is 5.62. The fourth-order valence-corrected chi connectivity index (χ4v) is 2.74. The van der Waals surface area contributed by atoms with Crippen LogP contribution in [0.3, 0.4) is 0 Å². The van der Waals surface area contributed by atoms with Crippen LogP contribution >= 0.6 is 0 Å². The molecule has 122 valence electrons. The van der Waals surface area contributed by atoms with E-state index in [2.05, 4.69) is 4.74 Å². The molecule has 0 bridgehead atoms. The molecule has 0 heterocycles. The van der Waals surface area contributed by atoms with E-state index in [0.29, 0.717) is 12.0 Å². The van der Waals surface area contributed by atoms with E-state index in [4.69, 9.17) is 5.73 Å². The third kappa shape index (κ3) is 4.37. The summed E-state index contributed by atoms with van der Waals surface area (Å²) in [7, 11) is 1.58. The lowest BCUT2D eigenvalue weighted by atomic mass is 10.1. The van der Waals surface area contributed by atoms with Gasteiger partial charge in [0.15, 0.2) is 0 Å². The molecule has 1 aromatic rings. The van der Waals surface area contributed by atoms with Gasteiger partial charge in [0.25, 0.3) is 0 Å². The molecule has 22 heavy (non-hydrogen) atoms. The van der Waals surface area contributed by atoms with Gasteiger partial charge >= 0.3 is 6.36 Å². The number of nitrogens with zero attached hydrogens (tertiary/aromatic N) is 1. The molecule has 0 spiro atoms. The van der Waals surface area contributed by atoms with Crippen molar-refractivity contribution in [1.82, 2.24) is 4.90 Å². The van der Waals surface area contributed by atoms with Crippen LogP contribution in [0.25, 0.3) is 0 Å². The topological polar surface area (TPSA) is 55.6 Å². The third-order valence-electron chi connectivity index (χ3n) is 3.80. The molecule has 0 unspecified atom stereocenters. The highest BCUT2D eigenvalue weighted by molar-refractivity contribution is 5.79. The predicted octanol–water partition coefficient (Wildman–Crippen LogP) is 2.67. The first-order valence-corrected chi connectivity index (χ1v) is 7.10. The predicted molar refractivity (Wildman–Crippen MR) is 74.9 cm³/mol. The average molecular weight is 316 g/mol. The number of rotatable bonds is 4. The Hall–Kier alpha value is -1.76. The van der Waals surface area contributed by atoms with Crippen molar-refractivity contribution in [1.29, 1.82) is 0 Å². The molecule has 0 radical (unpaired) electrons. The van der Waals surface area contributed by atoms with Gasteiger partial charge in [0.2, 0.25) is 5.91 Å². The number of halogens is 3. The molecule has 1 fully saturated rings. The average Bonchev–Trinajstić information content (AvgIpc) is 2.85. The number of carbonyl (C=O) groups excluding carboxylic acids is 1. The minimum absolute atomic E-state index is 0.0307. The van der Waals surface area contributed by atoms with Gasteiger partial charge in [0, 0.05) is 31.1 Å². The normalized spacial score (nSPS) is 21.7. The van der Waals surface area contributed by atoms with Crippen molar-refractivity contribution in [3.05, 3.63) is 29.8 Å². The highest BCUT2D eigenvalue weighted by Crippen LogP contribution is 2.29. The summed E-state index contributed by atoms with van der Waals surface area (Å²) >= 11 is 0. The number of benzene rings is 1. The Morgan fingerprint density at radius 2 is 2.05 bits per heavy atom. The highest BCUT2D eigenvalue weighted by Gasteiger charge is 2.33. The van der Waals surface area contributed by atoms with E-state index in [1.54, 1.807) is 13.1 Å². The molecule has 1 aliphatic carbocycles. The highest BCUT2D eigenvalue weighted by atomic mass is 19.4. The third-order valence-corrected chi connectivity index (χ3v) is 3.80. The number of hydrogen-bond donors (Lipinski definition) is 1. The van der Waals surface area contributed by atoms with Crippen LogP contribution in [-0.4, -0.2) is 30.3 Å². The largest absolute Gasteiger partial charge is 0.573 e. The molecule has 0 aromatic heterocycles. The van der Waals surface area contributed by atoms with Gasteiger partial charge in [-0.3, -0.25) is 4.79 Å². The molecule has 1 aliphatic rings. The van der Waals surface area contributed by atoms with E-state index in [-0.39, 0.29) is 30.2 Å². The summed E-state index contributed by atoms with van der Waals surface area (Å²) in [5.74, 6) is -0.511. The Bertz CT molecular complexity index is 534. The molecule has 2 rings (SSSR count). The van der Waals surface area contributed by atoms with Crippen LogP contribution in [-0.2, 0) is 11.3 Å². The Kier molecular flexibility index (Phi) is 4.95. The van der Waals surface area contributed by atoms with Crippen LogP contribution in [0, 0.1) is 5.92 Å². The SMILES string of the molecule is CN(Cc1ccccc1OC(F)(F)F)C(=O)[C@H]1CC[C@@H](N)C1. The molecule has 0 saturated heterocycles. The Morgan fingerprint density at radius 3 is 2.64 bits per heavy atom. The summed E-state index contributed by atoms with van der Waals surface area (Å²) in [5.41, 5.74) is 6.11. The second kappa shape index (κ2) is 6.56. The van der Waals surface area contributed by atoms with Crippen molar-refractivity contribution in [2.75, 3.05) is 7.05 Å². The van der Waals surface area contributed by atoms with Crippen molar-refractivity contribution < 1.29 is 22.7 Å². The molecule has 2 N–H and O–H groups in total. The van der Waals surface area contributed by atoms with Crippen molar-refractivity contribution in [2.24, 2.45) is 11.7 Å². The van der Waals surface area contributed by atoms with Crippen LogP contribution in [0.4, 0.5) is 13.2 Å². The standard InChI is InChI=1S/C15H19F3N2O2/c1-20(14(21)10-6-7-12(19)8-10)9-11-4-2-3-5-13(11)22-15(16,17)18/h2-5,10,12H,6-9,19H2,1H3/t10-,12+/m0/s1. The van der Waals surface area contributed by atoms with Crippen LogP contribution in [0.5, 0.6) is 5.75 Å². The number of amides is 1. The van der Waals surface area contributed by atoms with E-state index in [1.165, 1.54) is 23.1 Å². The summed E-state index contributed by atoms with van der Waals surface area (Å²) < 4.78 is 41.2. The van der Waals surface area contributed by atoms with Gasteiger partial charge in [0.1, 0.15) is 5.75 Å². The molecular formula is C15H19F3N2O2. The second-order valence-electron chi connectivity index (χ2n) is 5.62. The number of carbonyl (C=O) groups is 1. The van der Waals surface area contributed by atoms with Gasteiger partial charge in [-0.1, -0.05) is 18.2 Å². The van der Waals surface area contributed by atoms with Gasteiger partial charge < -0.3 is 15.4 Å². The van der Waals surface area contributed by atoms with Crippen LogP contribution in [0.15, 0.2) is 24.3 Å².